The van der Waals surface area contributed by atoms with Gasteiger partial charge >= 0.3 is 0 Å². The number of benzene rings is 2. The maximum absolute atomic E-state index is 9.75. The number of ether oxygens (including phenoxy) is 2. The van der Waals surface area contributed by atoms with Gasteiger partial charge in [0.1, 0.15) is 17.4 Å². The van der Waals surface area contributed by atoms with Gasteiger partial charge in [0, 0.05) is 10.6 Å². The van der Waals surface area contributed by atoms with Crippen molar-refractivity contribution in [2.45, 2.75) is 23.5 Å². The van der Waals surface area contributed by atoms with E-state index in [1.54, 1.807) is 18.9 Å². The number of aryl methyl sites for hydroxylation is 1. The van der Waals surface area contributed by atoms with E-state index in [9.17, 15) is 5.26 Å². The van der Waals surface area contributed by atoms with E-state index in [4.69, 9.17) is 15.2 Å². The maximum Gasteiger partial charge on any atom is 0.244 e. The average Bonchev–Trinajstić information content (AvgIpc) is 3.14. The topological polar surface area (TPSA) is 96.9 Å². The number of nitrogens with one attached hydrogen (secondary N) is 1. The summed E-state index contributed by atoms with van der Waals surface area (Å²) in [7, 11) is 1.62. The number of rotatable bonds is 5. The third-order valence-electron chi connectivity index (χ3n) is 4.87. The summed E-state index contributed by atoms with van der Waals surface area (Å²) >= 11 is 1.70. The quantitative estimate of drug-likeness (QED) is 0.618. The van der Waals surface area contributed by atoms with Crippen molar-refractivity contribution in [3.8, 4) is 17.7 Å². The molecule has 1 atom stereocenters. The molecule has 4 rings (SSSR count). The Balaban J connectivity index is 1.70. The second kappa shape index (κ2) is 7.94. The van der Waals surface area contributed by atoms with Gasteiger partial charge in [-0.2, -0.15) is 5.26 Å². The molecule has 0 radical (unpaired) electrons. The van der Waals surface area contributed by atoms with Crippen LogP contribution >= 0.6 is 11.8 Å². The standard InChI is InChI=1S/C22H20N4O2S/c1-13-3-9-16(10-4-13)29-12-18-20-19(14-5-7-15(27-2)8-6-14)17(11-23)21(24)28-22(20)26-25-18/h3-10,19H,12,24H2,1-2H3,(H,25,26)/t19-/m1/s1. The minimum atomic E-state index is -0.345. The van der Waals surface area contributed by atoms with Crippen LogP contribution in [0.25, 0.3) is 0 Å². The minimum Gasteiger partial charge on any atom is -0.497 e. The van der Waals surface area contributed by atoms with Crippen LogP contribution in [-0.2, 0) is 5.75 Å². The monoisotopic (exact) mass is 404 g/mol. The normalized spacial score (nSPS) is 15.4. The average molecular weight is 404 g/mol. The Morgan fingerprint density at radius 3 is 2.59 bits per heavy atom. The first-order chi connectivity index (χ1) is 14.1. The molecule has 6 nitrogen and oxygen atoms in total. The van der Waals surface area contributed by atoms with E-state index in [-0.39, 0.29) is 11.8 Å². The van der Waals surface area contributed by atoms with Crippen molar-refractivity contribution in [1.29, 1.82) is 5.26 Å². The van der Waals surface area contributed by atoms with Crippen molar-refractivity contribution < 1.29 is 9.47 Å². The highest BCUT2D eigenvalue weighted by atomic mass is 32.2. The predicted octanol–water partition coefficient (Wildman–Crippen LogP) is 4.24. The molecule has 2 aromatic carbocycles. The molecule has 2 heterocycles. The summed E-state index contributed by atoms with van der Waals surface area (Å²) in [5.74, 6) is 1.58. The van der Waals surface area contributed by atoms with Crippen LogP contribution in [0.15, 0.2) is 64.9 Å². The molecule has 146 valence electrons. The summed E-state index contributed by atoms with van der Waals surface area (Å²) in [6.07, 6.45) is 0. The lowest BCUT2D eigenvalue weighted by Gasteiger charge is -2.24. The van der Waals surface area contributed by atoms with Gasteiger partial charge < -0.3 is 15.2 Å². The second-order valence-electron chi connectivity index (χ2n) is 6.72. The van der Waals surface area contributed by atoms with Gasteiger partial charge in [-0.3, -0.25) is 5.10 Å². The fourth-order valence-electron chi connectivity index (χ4n) is 3.34. The van der Waals surface area contributed by atoms with Crippen LogP contribution in [0.3, 0.4) is 0 Å². The molecular weight excluding hydrogens is 384 g/mol. The van der Waals surface area contributed by atoms with E-state index >= 15 is 0 Å². The third kappa shape index (κ3) is 3.67. The zero-order chi connectivity index (χ0) is 20.4. The molecule has 0 unspecified atom stereocenters. The molecular formula is C22H20N4O2S. The third-order valence-corrected chi connectivity index (χ3v) is 5.91. The summed E-state index contributed by atoms with van der Waals surface area (Å²) in [6.45, 7) is 2.07. The molecule has 29 heavy (non-hydrogen) atoms. The molecule has 0 bridgehead atoms. The van der Waals surface area contributed by atoms with E-state index < -0.39 is 0 Å². The van der Waals surface area contributed by atoms with Gasteiger partial charge in [0.2, 0.25) is 11.8 Å². The summed E-state index contributed by atoms with van der Waals surface area (Å²) in [6, 6.07) is 18.2. The van der Waals surface area contributed by atoms with Crippen LogP contribution in [0.5, 0.6) is 11.6 Å². The Morgan fingerprint density at radius 1 is 1.21 bits per heavy atom. The molecule has 0 spiro atoms. The van der Waals surface area contributed by atoms with Crippen LogP contribution < -0.4 is 15.2 Å². The number of fused-ring (bicyclic) bond motifs is 1. The molecule has 3 aromatic rings. The van der Waals surface area contributed by atoms with Crippen LogP contribution in [0.2, 0.25) is 0 Å². The molecule has 1 aliphatic heterocycles. The lowest BCUT2D eigenvalue weighted by atomic mass is 9.84. The molecule has 0 saturated carbocycles. The number of hydrogen-bond acceptors (Lipinski definition) is 6. The lowest BCUT2D eigenvalue weighted by Crippen LogP contribution is -2.21. The van der Waals surface area contributed by atoms with Gasteiger partial charge in [-0.15, -0.1) is 16.9 Å². The maximum atomic E-state index is 9.75. The summed E-state index contributed by atoms with van der Waals surface area (Å²) < 4.78 is 10.9. The number of aromatic nitrogens is 2. The van der Waals surface area contributed by atoms with Crippen LogP contribution in [-0.4, -0.2) is 17.3 Å². The summed E-state index contributed by atoms with van der Waals surface area (Å²) in [5.41, 5.74) is 10.3. The molecule has 0 fully saturated rings. The number of nitrogens with two attached hydrogens (primary N) is 1. The van der Waals surface area contributed by atoms with E-state index in [0.717, 1.165) is 27.5 Å². The molecule has 0 amide bonds. The summed E-state index contributed by atoms with van der Waals surface area (Å²) in [4.78, 5) is 1.16. The fourth-order valence-corrected chi connectivity index (χ4v) is 4.20. The highest BCUT2D eigenvalue weighted by molar-refractivity contribution is 7.98. The Hall–Kier alpha value is -3.37. The number of allylic oxidation sites excluding steroid dienone is 1. The number of methoxy groups -OCH3 is 1. The van der Waals surface area contributed by atoms with E-state index in [0.29, 0.717) is 17.2 Å². The van der Waals surface area contributed by atoms with Crippen molar-refractivity contribution in [2.75, 3.05) is 7.11 Å². The first-order valence-corrected chi connectivity index (χ1v) is 10.1. The zero-order valence-corrected chi connectivity index (χ0v) is 16.9. The smallest absolute Gasteiger partial charge is 0.244 e. The van der Waals surface area contributed by atoms with Crippen LogP contribution in [0, 0.1) is 18.3 Å². The van der Waals surface area contributed by atoms with Crippen molar-refractivity contribution in [2.24, 2.45) is 5.73 Å². The molecule has 7 heteroatoms. The van der Waals surface area contributed by atoms with Gasteiger partial charge in [0.25, 0.3) is 0 Å². The van der Waals surface area contributed by atoms with Gasteiger partial charge in [0.05, 0.1) is 24.3 Å². The molecule has 3 N–H and O–H groups in total. The van der Waals surface area contributed by atoms with E-state index in [1.165, 1.54) is 5.56 Å². The second-order valence-corrected chi connectivity index (χ2v) is 7.77. The Kier molecular flexibility index (Phi) is 5.19. The number of nitrogens with zero attached hydrogens (tertiary/aromatic N) is 2. The minimum absolute atomic E-state index is 0.0880. The van der Waals surface area contributed by atoms with Crippen molar-refractivity contribution in [3.05, 3.63) is 82.4 Å². The largest absolute Gasteiger partial charge is 0.497 e. The van der Waals surface area contributed by atoms with Gasteiger partial charge in [-0.05, 0) is 36.8 Å². The van der Waals surface area contributed by atoms with E-state index in [2.05, 4.69) is 47.5 Å². The first kappa shape index (κ1) is 19.0. The molecule has 1 aromatic heterocycles. The van der Waals surface area contributed by atoms with Crippen molar-refractivity contribution in [3.63, 3.8) is 0 Å². The molecule has 0 aliphatic carbocycles. The van der Waals surface area contributed by atoms with E-state index in [1.807, 2.05) is 24.3 Å². The molecule has 0 saturated heterocycles. The van der Waals surface area contributed by atoms with Crippen molar-refractivity contribution >= 4 is 11.8 Å². The Morgan fingerprint density at radius 2 is 1.93 bits per heavy atom. The van der Waals surface area contributed by atoms with Crippen molar-refractivity contribution in [1.82, 2.24) is 10.2 Å². The predicted molar refractivity (Wildman–Crippen MR) is 112 cm³/mol. The van der Waals surface area contributed by atoms with Gasteiger partial charge in [-0.25, -0.2) is 0 Å². The highest BCUT2D eigenvalue weighted by Gasteiger charge is 2.35. The van der Waals surface area contributed by atoms with Gasteiger partial charge in [0.15, 0.2) is 0 Å². The lowest BCUT2D eigenvalue weighted by molar-refractivity contribution is 0.378. The Bertz CT molecular complexity index is 1100. The highest BCUT2D eigenvalue weighted by Crippen LogP contribution is 2.44. The zero-order valence-electron chi connectivity index (χ0n) is 16.1. The number of aromatic amines is 1. The molecule has 1 aliphatic rings. The first-order valence-electron chi connectivity index (χ1n) is 9.09. The number of hydrogen-bond donors (Lipinski definition) is 2. The number of H-pyrrole nitrogens is 1. The number of nitriles is 1. The fraction of sp³-hybridized carbons (Fsp3) is 0.182. The summed E-state index contributed by atoms with van der Waals surface area (Å²) in [5, 5.41) is 17.1. The number of thioether (sulfide) groups is 1. The van der Waals surface area contributed by atoms with Crippen LogP contribution in [0.1, 0.15) is 28.3 Å². The van der Waals surface area contributed by atoms with Gasteiger partial charge in [-0.1, -0.05) is 29.8 Å². The van der Waals surface area contributed by atoms with Crippen LogP contribution in [0.4, 0.5) is 0 Å². The Labute approximate surface area is 173 Å². The SMILES string of the molecule is COc1ccc([C@@H]2C(C#N)=C(N)Oc3n[nH]c(CSc4ccc(C)cc4)c32)cc1.